The maximum absolute atomic E-state index is 11.2. The van der Waals surface area contributed by atoms with E-state index < -0.39 is 0 Å². The summed E-state index contributed by atoms with van der Waals surface area (Å²) in [7, 11) is 0. The minimum atomic E-state index is -0.00189. The molecule has 0 bridgehead atoms. The molecule has 3 heteroatoms. The smallest absolute Gasteiger partial charge is 0.306 e. The first-order valence-corrected chi connectivity index (χ1v) is 5.60. The quantitative estimate of drug-likeness (QED) is 0.509. The molecule has 4 unspecified atom stereocenters. The van der Waals surface area contributed by atoms with Crippen molar-refractivity contribution >= 4 is 5.97 Å². The fraction of sp³-hybridized carbons (Fsp3) is 0.750. The van der Waals surface area contributed by atoms with Crippen LogP contribution in [0.4, 0.5) is 0 Å². The lowest BCUT2D eigenvalue weighted by Crippen LogP contribution is -2.62. The van der Waals surface area contributed by atoms with Gasteiger partial charge < -0.3 is 9.47 Å². The Morgan fingerprint density at radius 3 is 2.93 bits per heavy atom. The van der Waals surface area contributed by atoms with E-state index in [9.17, 15) is 4.79 Å². The summed E-state index contributed by atoms with van der Waals surface area (Å²) in [5.41, 5.74) is 1.03. The molecule has 3 aliphatic carbocycles. The minimum absolute atomic E-state index is 0.00189. The molecule has 3 saturated carbocycles. The Morgan fingerprint density at radius 2 is 2.40 bits per heavy atom. The zero-order chi connectivity index (χ0) is 10.3. The van der Waals surface area contributed by atoms with Crippen molar-refractivity contribution in [1.29, 1.82) is 0 Å². The standard InChI is InChI=1S/C12H14O3/c1-2-14-8-3-12-6-11(8,12)5-10(12)4-9(13)15-7-10/h2,8H,1,3-7H2. The van der Waals surface area contributed by atoms with Gasteiger partial charge in [0.05, 0.1) is 19.3 Å². The maximum atomic E-state index is 11.2. The van der Waals surface area contributed by atoms with E-state index >= 15 is 0 Å². The van der Waals surface area contributed by atoms with Crippen LogP contribution in [0.1, 0.15) is 25.7 Å². The molecule has 4 rings (SSSR count). The fourth-order valence-electron chi connectivity index (χ4n) is 4.83. The Balaban J connectivity index is 1.59. The molecular formula is C12H14O3. The molecule has 1 aliphatic heterocycles. The van der Waals surface area contributed by atoms with E-state index in [2.05, 4.69) is 6.58 Å². The number of rotatable bonds is 2. The van der Waals surface area contributed by atoms with Gasteiger partial charge in [-0.3, -0.25) is 4.79 Å². The number of hydrogen-bond donors (Lipinski definition) is 0. The van der Waals surface area contributed by atoms with Gasteiger partial charge in [0.15, 0.2) is 0 Å². The van der Waals surface area contributed by atoms with Crippen LogP contribution in [-0.4, -0.2) is 18.7 Å². The van der Waals surface area contributed by atoms with Gasteiger partial charge in [-0.2, -0.15) is 0 Å². The first-order valence-electron chi connectivity index (χ1n) is 5.60. The highest BCUT2D eigenvalue weighted by Gasteiger charge is 2.95. The van der Waals surface area contributed by atoms with Gasteiger partial charge in [0.2, 0.25) is 0 Å². The van der Waals surface area contributed by atoms with Gasteiger partial charge in [0.1, 0.15) is 6.10 Å². The Kier molecular flexibility index (Phi) is 1.07. The number of ether oxygens (including phenoxy) is 2. The van der Waals surface area contributed by atoms with E-state index in [1.165, 1.54) is 6.42 Å². The van der Waals surface area contributed by atoms with Crippen molar-refractivity contribution in [3.05, 3.63) is 12.8 Å². The lowest BCUT2D eigenvalue weighted by Gasteiger charge is -2.61. The number of esters is 1. The molecule has 1 saturated heterocycles. The second-order valence-electron chi connectivity index (χ2n) is 5.71. The Hall–Kier alpha value is -0.990. The van der Waals surface area contributed by atoms with Gasteiger partial charge in [-0.05, 0) is 24.7 Å². The van der Waals surface area contributed by atoms with Gasteiger partial charge in [0.25, 0.3) is 0 Å². The van der Waals surface area contributed by atoms with Crippen LogP contribution in [0.25, 0.3) is 0 Å². The highest BCUT2D eigenvalue weighted by atomic mass is 16.5. The number of carbonyl (C=O) groups excluding carboxylic acids is 1. The van der Waals surface area contributed by atoms with Gasteiger partial charge >= 0.3 is 5.97 Å². The largest absolute Gasteiger partial charge is 0.498 e. The van der Waals surface area contributed by atoms with E-state index in [1.54, 1.807) is 6.26 Å². The Bertz CT molecular complexity index is 390. The van der Waals surface area contributed by atoms with Gasteiger partial charge in [0, 0.05) is 10.8 Å². The van der Waals surface area contributed by atoms with Crippen LogP contribution >= 0.6 is 0 Å². The average Bonchev–Trinajstić information content (AvgIpc) is 2.55. The van der Waals surface area contributed by atoms with Crippen LogP contribution in [0.15, 0.2) is 12.8 Å². The topological polar surface area (TPSA) is 35.5 Å². The lowest BCUT2D eigenvalue weighted by molar-refractivity contribution is -0.195. The molecule has 1 spiro atoms. The minimum Gasteiger partial charge on any atom is -0.498 e. The summed E-state index contributed by atoms with van der Waals surface area (Å²) in [6.07, 6.45) is 6.06. The molecule has 1 heterocycles. The predicted molar refractivity (Wildman–Crippen MR) is 51.8 cm³/mol. The summed E-state index contributed by atoms with van der Waals surface area (Å²) in [6.45, 7) is 4.27. The molecule has 0 aromatic carbocycles. The normalized spacial score (nSPS) is 58.4. The highest BCUT2D eigenvalue weighted by Crippen LogP contribution is 2.96. The van der Waals surface area contributed by atoms with Crippen LogP contribution in [0, 0.1) is 16.2 Å². The van der Waals surface area contributed by atoms with Crippen molar-refractivity contribution in [1.82, 2.24) is 0 Å². The zero-order valence-electron chi connectivity index (χ0n) is 8.62. The fourth-order valence-corrected chi connectivity index (χ4v) is 4.83. The van der Waals surface area contributed by atoms with E-state index in [0.29, 0.717) is 30.0 Å². The molecule has 0 aromatic heterocycles. The van der Waals surface area contributed by atoms with Gasteiger partial charge in [-0.15, -0.1) is 0 Å². The van der Waals surface area contributed by atoms with Crippen LogP contribution in [0.5, 0.6) is 0 Å². The molecular weight excluding hydrogens is 192 g/mol. The van der Waals surface area contributed by atoms with Crippen molar-refractivity contribution in [2.24, 2.45) is 16.2 Å². The Morgan fingerprint density at radius 1 is 1.53 bits per heavy atom. The van der Waals surface area contributed by atoms with E-state index in [1.807, 2.05) is 0 Å². The molecule has 80 valence electrons. The molecule has 4 atom stereocenters. The monoisotopic (exact) mass is 206 g/mol. The Labute approximate surface area is 88.4 Å². The van der Waals surface area contributed by atoms with Crippen molar-refractivity contribution < 1.29 is 14.3 Å². The third kappa shape index (κ3) is 0.583. The summed E-state index contributed by atoms with van der Waals surface area (Å²) in [5.74, 6) is -0.00189. The van der Waals surface area contributed by atoms with Crippen molar-refractivity contribution in [2.45, 2.75) is 31.8 Å². The molecule has 15 heavy (non-hydrogen) atoms. The van der Waals surface area contributed by atoms with E-state index in [4.69, 9.17) is 9.47 Å². The summed E-state index contributed by atoms with van der Waals surface area (Å²) in [6, 6.07) is 0. The molecule has 0 aromatic rings. The summed E-state index contributed by atoms with van der Waals surface area (Å²) in [5, 5.41) is 0. The molecule has 0 amide bonds. The average molecular weight is 206 g/mol. The second kappa shape index (κ2) is 1.95. The van der Waals surface area contributed by atoms with Crippen LogP contribution in [-0.2, 0) is 14.3 Å². The third-order valence-corrected chi connectivity index (χ3v) is 5.52. The van der Waals surface area contributed by atoms with Crippen molar-refractivity contribution in [3.8, 4) is 0 Å². The third-order valence-electron chi connectivity index (χ3n) is 5.52. The van der Waals surface area contributed by atoms with Crippen molar-refractivity contribution in [3.63, 3.8) is 0 Å². The second-order valence-corrected chi connectivity index (χ2v) is 5.71. The summed E-state index contributed by atoms with van der Waals surface area (Å²) < 4.78 is 10.7. The summed E-state index contributed by atoms with van der Waals surface area (Å²) in [4.78, 5) is 11.2. The zero-order valence-corrected chi connectivity index (χ0v) is 8.62. The van der Waals surface area contributed by atoms with Gasteiger partial charge in [-0.1, -0.05) is 6.58 Å². The maximum Gasteiger partial charge on any atom is 0.306 e. The molecule has 3 nitrogen and oxygen atoms in total. The SMILES string of the molecule is C=COC1CC23CC12CC31COC(=O)C1. The number of hydrogen-bond acceptors (Lipinski definition) is 3. The first-order chi connectivity index (χ1) is 7.18. The lowest BCUT2D eigenvalue weighted by atomic mass is 9.43. The van der Waals surface area contributed by atoms with Crippen molar-refractivity contribution in [2.75, 3.05) is 6.61 Å². The van der Waals surface area contributed by atoms with Gasteiger partial charge in [-0.25, -0.2) is 0 Å². The number of cyclic esters (lactones) is 1. The number of carbonyl (C=O) groups is 1. The summed E-state index contributed by atoms with van der Waals surface area (Å²) >= 11 is 0. The van der Waals surface area contributed by atoms with E-state index in [-0.39, 0.29) is 11.4 Å². The first kappa shape index (κ1) is 8.20. The molecule has 4 aliphatic rings. The molecule has 0 N–H and O–H groups in total. The van der Waals surface area contributed by atoms with E-state index in [0.717, 1.165) is 12.8 Å². The molecule has 4 fully saturated rings. The van der Waals surface area contributed by atoms with Crippen LogP contribution in [0.2, 0.25) is 0 Å². The molecule has 0 radical (unpaired) electrons. The highest BCUT2D eigenvalue weighted by molar-refractivity contribution is 5.74. The van der Waals surface area contributed by atoms with Crippen LogP contribution < -0.4 is 0 Å². The van der Waals surface area contributed by atoms with Crippen LogP contribution in [0.3, 0.4) is 0 Å². The predicted octanol–water partition coefficient (Wildman–Crippen LogP) is 1.63.